The number of carbonyl (C=O) groups is 1. The van der Waals surface area contributed by atoms with E-state index in [1.54, 1.807) is 12.1 Å². The van der Waals surface area contributed by atoms with Crippen LogP contribution < -0.4 is 20.0 Å². The van der Waals surface area contributed by atoms with Crippen LogP contribution in [0.15, 0.2) is 48.5 Å². The summed E-state index contributed by atoms with van der Waals surface area (Å²) in [4.78, 5) is 28.6. The number of ether oxygens (including phenoxy) is 1. The van der Waals surface area contributed by atoms with Gasteiger partial charge in [-0.1, -0.05) is 0 Å². The lowest BCUT2D eigenvalue weighted by molar-refractivity contribution is -0.892. The van der Waals surface area contributed by atoms with Crippen LogP contribution in [0.4, 0.5) is 22.7 Å². The second-order valence-electron chi connectivity index (χ2n) is 7.88. The topological polar surface area (TPSA) is 92.4 Å². The summed E-state index contributed by atoms with van der Waals surface area (Å²) in [6.45, 7) is 7.03. The molecule has 0 atom stereocenters. The number of hydrogen-bond acceptors (Lipinski definition) is 6. The Balaban J connectivity index is 1.23. The lowest BCUT2D eigenvalue weighted by Gasteiger charge is -2.33. The van der Waals surface area contributed by atoms with Crippen LogP contribution in [-0.4, -0.2) is 69.9 Å². The highest BCUT2D eigenvalue weighted by atomic mass is 16.6. The molecule has 2 fully saturated rings. The molecule has 0 aromatic heterocycles. The zero-order valence-electron chi connectivity index (χ0n) is 17.5. The van der Waals surface area contributed by atoms with Gasteiger partial charge in [-0.05, 0) is 36.4 Å². The number of carbonyl (C=O) groups excluding carboxylic acids is 1. The van der Waals surface area contributed by atoms with E-state index in [-0.39, 0.29) is 16.5 Å². The third kappa shape index (κ3) is 5.50. The van der Waals surface area contributed by atoms with Crippen molar-refractivity contribution in [2.24, 2.45) is 0 Å². The van der Waals surface area contributed by atoms with E-state index in [1.165, 1.54) is 17.0 Å². The van der Waals surface area contributed by atoms with E-state index in [9.17, 15) is 14.9 Å². The van der Waals surface area contributed by atoms with Crippen molar-refractivity contribution in [3.8, 4) is 0 Å². The number of nitro benzene ring substituents is 1. The fraction of sp³-hybridized carbons (Fsp3) is 0.409. The maximum absolute atomic E-state index is 12.5. The van der Waals surface area contributed by atoms with Crippen molar-refractivity contribution >= 4 is 28.7 Å². The molecule has 164 valence electrons. The average Bonchev–Trinajstić information content (AvgIpc) is 2.81. The Kier molecular flexibility index (Phi) is 6.63. The highest BCUT2D eigenvalue weighted by Gasteiger charge is 2.23. The first-order valence-electron chi connectivity index (χ1n) is 10.6. The first-order valence-corrected chi connectivity index (χ1v) is 10.6. The maximum atomic E-state index is 12.5. The summed E-state index contributed by atoms with van der Waals surface area (Å²) >= 11 is 0. The lowest BCUT2D eigenvalue weighted by Crippen LogP contribution is -3.15. The average molecular weight is 426 g/mol. The van der Waals surface area contributed by atoms with Crippen LogP contribution in [0.1, 0.15) is 0 Å². The molecule has 2 heterocycles. The monoisotopic (exact) mass is 426 g/mol. The molecule has 0 saturated carbocycles. The van der Waals surface area contributed by atoms with Crippen molar-refractivity contribution in [2.75, 3.05) is 74.1 Å². The van der Waals surface area contributed by atoms with Crippen LogP contribution in [0, 0.1) is 10.1 Å². The number of rotatable bonds is 6. The number of non-ortho nitro benzene ring substituents is 1. The van der Waals surface area contributed by atoms with Crippen molar-refractivity contribution in [3.63, 3.8) is 0 Å². The molecule has 2 aromatic carbocycles. The molecule has 0 aliphatic carbocycles. The van der Waals surface area contributed by atoms with Gasteiger partial charge in [-0.2, -0.15) is 0 Å². The summed E-state index contributed by atoms with van der Waals surface area (Å²) in [5.74, 6) is 0.0120. The smallest absolute Gasteiger partial charge is 0.279 e. The standard InChI is InChI=1S/C22H27N5O4/c28-22(23-18-1-3-19(4-2-18)26-13-15-31-16-14-26)17-24-9-11-25(12-10-24)20-5-7-21(8-6-20)27(29)30/h1-8H,9-17H2,(H,23,28)/p+1. The molecule has 9 nitrogen and oxygen atoms in total. The summed E-state index contributed by atoms with van der Waals surface area (Å²) in [5, 5.41) is 13.8. The number of nitrogens with one attached hydrogen (secondary N) is 2. The van der Waals surface area contributed by atoms with Gasteiger partial charge in [0.1, 0.15) is 0 Å². The van der Waals surface area contributed by atoms with Gasteiger partial charge in [0.15, 0.2) is 6.54 Å². The van der Waals surface area contributed by atoms with Gasteiger partial charge in [-0.15, -0.1) is 0 Å². The summed E-state index contributed by atoms with van der Waals surface area (Å²) in [5.41, 5.74) is 3.04. The van der Waals surface area contributed by atoms with Gasteiger partial charge in [-0.25, -0.2) is 0 Å². The molecule has 1 amide bonds. The Labute approximate surface area is 181 Å². The molecule has 0 bridgehead atoms. The molecule has 0 unspecified atom stereocenters. The van der Waals surface area contributed by atoms with Crippen LogP contribution in [-0.2, 0) is 9.53 Å². The summed E-state index contributed by atoms with van der Waals surface area (Å²) in [6, 6.07) is 14.6. The van der Waals surface area contributed by atoms with Crippen LogP contribution >= 0.6 is 0 Å². The Morgan fingerprint density at radius 3 is 2.06 bits per heavy atom. The first kappa shape index (κ1) is 21.1. The molecule has 2 saturated heterocycles. The predicted octanol–water partition coefficient (Wildman–Crippen LogP) is 0.775. The molecule has 2 aliphatic rings. The Hall–Kier alpha value is -3.17. The third-order valence-electron chi connectivity index (χ3n) is 5.83. The Bertz CT molecular complexity index is 889. The third-order valence-corrected chi connectivity index (χ3v) is 5.83. The Morgan fingerprint density at radius 1 is 0.935 bits per heavy atom. The second-order valence-corrected chi connectivity index (χ2v) is 7.88. The minimum absolute atomic E-state index is 0.0120. The number of morpholine rings is 1. The molecular formula is C22H28N5O4+. The van der Waals surface area contributed by atoms with E-state index in [0.29, 0.717) is 6.54 Å². The van der Waals surface area contributed by atoms with Gasteiger partial charge >= 0.3 is 0 Å². The van der Waals surface area contributed by atoms with E-state index in [0.717, 1.165) is 69.5 Å². The largest absolute Gasteiger partial charge is 0.378 e. The molecule has 2 aromatic rings. The van der Waals surface area contributed by atoms with E-state index in [2.05, 4.69) is 15.1 Å². The van der Waals surface area contributed by atoms with Gasteiger partial charge in [0.25, 0.3) is 11.6 Å². The summed E-state index contributed by atoms with van der Waals surface area (Å²) in [7, 11) is 0. The van der Waals surface area contributed by atoms with Crippen molar-refractivity contribution in [3.05, 3.63) is 58.6 Å². The number of piperazine rings is 1. The van der Waals surface area contributed by atoms with Crippen LogP contribution in [0.2, 0.25) is 0 Å². The molecular weight excluding hydrogens is 398 g/mol. The van der Waals surface area contributed by atoms with Gasteiger partial charge in [0.2, 0.25) is 0 Å². The highest BCUT2D eigenvalue weighted by Crippen LogP contribution is 2.20. The van der Waals surface area contributed by atoms with E-state index in [1.807, 2.05) is 24.3 Å². The van der Waals surface area contributed by atoms with Gasteiger partial charge in [0.05, 0.1) is 44.3 Å². The van der Waals surface area contributed by atoms with Crippen molar-refractivity contribution in [1.29, 1.82) is 0 Å². The van der Waals surface area contributed by atoms with Crippen LogP contribution in [0.3, 0.4) is 0 Å². The number of amides is 1. The quantitative estimate of drug-likeness (QED) is 0.524. The molecule has 0 radical (unpaired) electrons. The number of nitrogens with zero attached hydrogens (tertiary/aromatic N) is 3. The first-order chi connectivity index (χ1) is 15.1. The number of quaternary nitrogens is 1. The number of anilines is 3. The highest BCUT2D eigenvalue weighted by molar-refractivity contribution is 5.91. The molecule has 2 N–H and O–H groups in total. The van der Waals surface area contributed by atoms with Crippen LogP contribution in [0.25, 0.3) is 0 Å². The lowest BCUT2D eigenvalue weighted by atomic mass is 10.2. The molecule has 2 aliphatic heterocycles. The number of benzene rings is 2. The summed E-state index contributed by atoms with van der Waals surface area (Å²) in [6.07, 6.45) is 0. The molecule has 0 spiro atoms. The van der Waals surface area contributed by atoms with Gasteiger partial charge < -0.3 is 24.8 Å². The predicted molar refractivity (Wildman–Crippen MR) is 119 cm³/mol. The summed E-state index contributed by atoms with van der Waals surface area (Å²) < 4.78 is 5.39. The fourth-order valence-corrected chi connectivity index (χ4v) is 4.05. The minimum atomic E-state index is -0.388. The SMILES string of the molecule is O=C(C[NH+]1CCN(c2ccc([N+](=O)[O-])cc2)CC1)Nc1ccc(N2CCOCC2)cc1. The van der Waals surface area contributed by atoms with E-state index in [4.69, 9.17) is 4.74 Å². The Morgan fingerprint density at radius 2 is 1.48 bits per heavy atom. The second kappa shape index (κ2) is 9.76. The zero-order valence-corrected chi connectivity index (χ0v) is 17.5. The van der Waals surface area contributed by atoms with E-state index >= 15 is 0 Å². The molecule has 31 heavy (non-hydrogen) atoms. The van der Waals surface area contributed by atoms with Crippen molar-refractivity contribution in [2.45, 2.75) is 0 Å². The van der Waals surface area contributed by atoms with Crippen molar-refractivity contribution < 1.29 is 19.4 Å². The fourth-order valence-electron chi connectivity index (χ4n) is 4.05. The van der Waals surface area contributed by atoms with Gasteiger partial charge in [0, 0.05) is 42.3 Å². The zero-order chi connectivity index (χ0) is 21.6. The number of hydrogen-bond donors (Lipinski definition) is 2. The minimum Gasteiger partial charge on any atom is -0.378 e. The van der Waals surface area contributed by atoms with E-state index < -0.39 is 0 Å². The van der Waals surface area contributed by atoms with Crippen molar-refractivity contribution in [1.82, 2.24) is 0 Å². The molecule has 4 rings (SSSR count). The molecule has 9 heteroatoms. The van der Waals surface area contributed by atoms with Crippen LogP contribution in [0.5, 0.6) is 0 Å². The number of nitro groups is 1. The normalized spacial score (nSPS) is 17.4. The maximum Gasteiger partial charge on any atom is 0.279 e. The van der Waals surface area contributed by atoms with Gasteiger partial charge in [-0.3, -0.25) is 14.9 Å².